The molecule has 0 spiro atoms. The van der Waals surface area contributed by atoms with Crippen LogP contribution in [0.4, 0.5) is 0 Å². The van der Waals surface area contributed by atoms with Gasteiger partial charge in [0.1, 0.15) is 0 Å². The van der Waals surface area contributed by atoms with Crippen LogP contribution in [0.5, 0.6) is 0 Å². The quantitative estimate of drug-likeness (QED) is 0.889. The van der Waals surface area contributed by atoms with Crippen molar-refractivity contribution >= 4 is 5.97 Å². The van der Waals surface area contributed by atoms with Crippen LogP contribution in [0.15, 0.2) is 54.6 Å². The average Bonchev–Trinajstić information content (AvgIpc) is 2.40. The van der Waals surface area contributed by atoms with E-state index in [4.69, 9.17) is 0 Å². The van der Waals surface area contributed by atoms with Crippen LogP contribution in [0.3, 0.4) is 0 Å². The Kier molecular flexibility index (Phi) is 4.00. The van der Waals surface area contributed by atoms with Crippen LogP contribution in [0, 0.1) is 5.92 Å². The lowest BCUT2D eigenvalue weighted by molar-refractivity contribution is 0.0695. The second-order valence-corrected chi connectivity index (χ2v) is 5.02. The number of hydrogen-bond acceptors (Lipinski definition) is 1. The molecular formula is C17H18O2. The zero-order chi connectivity index (χ0) is 13.8. The van der Waals surface area contributed by atoms with Crippen molar-refractivity contribution in [2.75, 3.05) is 0 Å². The molecular weight excluding hydrogens is 236 g/mol. The summed E-state index contributed by atoms with van der Waals surface area (Å²) in [5, 5.41) is 9.34. The molecule has 1 atom stereocenters. The molecule has 0 aromatic heterocycles. The molecule has 0 saturated carbocycles. The molecule has 0 aliphatic carbocycles. The second-order valence-electron chi connectivity index (χ2n) is 5.02. The van der Waals surface area contributed by atoms with Crippen molar-refractivity contribution in [3.63, 3.8) is 0 Å². The summed E-state index contributed by atoms with van der Waals surface area (Å²) in [7, 11) is 0. The predicted molar refractivity (Wildman–Crippen MR) is 76.5 cm³/mol. The van der Waals surface area contributed by atoms with Crippen molar-refractivity contribution < 1.29 is 9.90 Å². The Morgan fingerprint density at radius 2 is 1.53 bits per heavy atom. The Labute approximate surface area is 113 Å². The van der Waals surface area contributed by atoms with E-state index in [1.165, 1.54) is 0 Å². The minimum atomic E-state index is -0.864. The van der Waals surface area contributed by atoms with Crippen LogP contribution >= 0.6 is 0 Å². The predicted octanol–water partition coefficient (Wildman–Crippen LogP) is 4.17. The zero-order valence-electron chi connectivity index (χ0n) is 11.2. The third-order valence-corrected chi connectivity index (χ3v) is 3.35. The van der Waals surface area contributed by atoms with Gasteiger partial charge in [-0.15, -0.1) is 0 Å². The van der Waals surface area contributed by atoms with Crippen molar-refractivity contribution in [2.45, 2.75) is 19.8 Å². The molecule has 19 heavy (non-hydrogen) atoms. The summed E-state index contributed by atoms with van der Waals surface area (Å²) in [5.74, 6) is -0.423. The SMILES string of the molecule is CC(C)[C@@H](c1ccccc1)c1ccccc1C(=O)O. The molecule has 2 rings (SSSR count). The van der Waals surface area contributed by atoms with Crippen LogP contribution in [-0.4, -0.2) is 11.1 Å². The van der Waals surface area contributed by atoms with E-state index >= 15 is 0 Å². The van der Waals surface area contributed by atoms with Crippen LogP contribution < -0.4 is 0 Å². The van der Waals surface area contributed by atoms with Crippen LogP contribution in [-0.2, 0) is 0 Å². The monoisotopic (exact) mass is 254 g/mol. The van der Waals surface area contributed by atoms with Gasteiger partial charge in [-0.1, -0.05) is 62.4 Å². The molecule has 2 aromatic rings. The van der Waals surface area contributed by atoms with Gasteiger partial charge < -0.3 is 5.11 Å². The van der Waals surface area contributed by atoms with Crippen molar-refractivity contribution in [2.24, 2.45) is 5.92 Å². The number of carbonyl (C=O) groups is 1. The van der Waals surface area contributed by atoms with E-state index in [0.717, 1.165) is 11.1 Å². The number of aromatic carboxylic acids is 1. The zero-order valence-corrected chi connectivity index (χ0v) is 11.2. The number of carboxylic acids is 1. The highest BCUT2D eigenvalue weighted by Gasteiger charge is 2.22. The number of benzene rings is 2. The molecule has 0 aliphatic rings. The van der Waals surface area contributed by atoms with Gasteiger partial charge in [0.25, 0.3) is 0 Å². The lowest BCUT2D eigenvalue weighted by Gasteiger charge is -2.23. The van der Waals surface area contributed by atoms with Crippen LogP contribution in [0.25, 0.3) is 0 Å². The van der Waals surface area contributed by atoms with E-state index in [9.17, 15) is 9.90 Å². The first-order valence-corrected chi connectivity index (χ1v) is 6.48. The Hall–Kier alpha value is -2.09. The van der Waals surface area contributed by atoms with Gasteiger partial charge in [0.05, 0.1) is 5.56 Å². The summed E-state index contributed by atoms with van der Waals surface area (Å²) in [6.07, 6.45) is 0. The van der Waals surface area contributed by atoms with Crippen LogP contribution in [0.1, 0.15) is 41.3 Å². The van der Waals surface area contributed by atoms with E-state index in [1.807, 2.05) is 30.3 Å². The standard InChI is InChI=1S/C17H18O2/c1-12(2)16(13-8-4-3-5-9-13)14-10-6-7-11-15(14)17(18)19/h3-12,16H,1-2H3,(H,18,19)/t16-/m0/s1. The molecule has 0 amide bonds. The molecule has 0 unspecified atom stereocenters. The van der Waals surface area contributed by atoms with Crippen molar-refractivity contribution in [3.8, 4) is 0 Å². The average molecular weight is 254 g/mol. The summed E-state index contributed by atoms with van der Waals surface area (Å²) in [6, 6.07) is 17.4. The summed E-state index contributed by atoms with van der Waals surface area (Å²) in [5.41, 5.74) is 2.44. The van der Waals surface area contributed by atoms with Gasteiger partial charge in [0.15, 0.2) is 0 Å². The molecule has 98 valence electrons. The molecule has 0 fully saturated rings. The van der Waals surface area contributed by atoms with Gasteiger partial charge in [-0.3, -0.25) is 0 Å². The normalized spacial score (nSPS) is 12.4. The van der Waals surface area contributed by atoms with Gasteiger partial charge in [0.2, 0.25) is 0 Å². The van der Waals surface area contributed by atoms with E-state index < -0.39 is 5.97 Å². The molecule has 0 radical (unpaired) electrons. The Balaban J connectivity index is 2.55. The maximum Gasteiger partial charge on any atom is 0.335 e. The van der Waals surface area contributed by atoms with E-state index in [2.05, 4.69) is 26.0 Å². The maximum atomic E-state index is 11.4. The fraction of sp³-hybridized carbons (Fsp3) is 0.235. The van der Waals surface area contributed by atoms with Crippen molar-refractivity contribution in [3.05, 3.63) is 71.3 Å². The van der Waals surface area contributed by atoms with E-state index in [1.54, 1.807) is 12.1 Å². The smallest absolute Gasteiger partial charge is 0.335 e. The highest BCUT2D eigenvalue weighted by Crippen LogP contribution is 2.33. The summed E-state index contributed by atoms with van der Waals surface area (Å²) in [6.45, 7) is 4.24. The largest absolute Gasteiger partial charge is 0.478 e. The Morgan fingerprint density at radius 1 is 0.947 bits per heavy atom. The van der Waals surface area contributed by atoms with E-state index in [0.29, 0.717) is 11.5 Å². The number of rotatable bonds is 4. The topological polar surface area (TPSA) is 37.3 Å². The van der Waals surface area contributed by atoms with Gasteiger partial charge in [-0.2, -0.15) is 0 Å². The third-order valence-electron chi connectivity index (χ3n) is 3.35. The highest BCUT2D eigenvalue weighted by atomic mass is 16.4. The molecule has 2 heteroatoms. The van der Waals surface area contributed by atoms with Gasteiger partial charge >= 0.3 is 5.97 Å². The fourth-order valence-corrected chi connectivity index (χ4v) is 2.55. The van der Waals surface area contributed by atoms with Gasteiger partial charge in [-0.25, -0.2) is 4.79 Å². The maximum absolute atomic E-state index is 11.4. The highest BCUT2D eigenvalue weighted by molar-refractivity contribution is 5.89. The van der Waals surface area contributed by atoms with Gasteiger partial charge in [-0.05, 0) is 23.1 Å². The number of hydrogen-bond donors (Lipinski definition) is 1. The Bertz CT molecular complexity index is 558. The van der Waals surface area contributed by atoms with E-state index in [-0.39, 0.29) is 5.92 Å². The first kappa shape index (κ1) is 13.3. The molecule has 0 heterocycles. The fourth-order valence-electron chi connectivity index (χ4n) is 2.55. The summed E-state index contributed by atoms with van der Waals surface area (Å²) >= 11 is 0. The number of carboxylic acid groups (broad SMARTS) is 1. The molecule has 1 N–H and O–H groups in total. The Morgan fingerprint density at radius 3 is 2.11 bits per heavy atom. The van der Waals surface area contributed by atoms with Crippen molar-refractivity contribution in [1.82, 2.24) is 0 Å². The third kappa shape index (κ3) is 2.84. The molecule has 2 nitrogen and oxygen atoms in total. The molecule has 0 aliphatic heterocycles. The minimum Gasteiger partial charge on any atom is -0.478 e. The molecule has 0 saturated heterocycles. The summed E-state index contributed by atoms with van der Waals surface area (Å²) in [4.78, 5) is 11.4. The first-order valence-electron chi connectivity index (χ1n) is 6.48. The minimum absolute atomic E-state index is 0.105. The summed E-state index contributed by atoms with van der Waals surface area (Å²) < 4.78 is 0. The molecule has 2 aromatic carbocycles. The molecule has 0 bridgehead atoms. The van der Waals surface area contributed by atoms with Crippen molar-refractivity contribution in [1.29, 1.82) is 0 Å². The second kappa shape index (κ2) is 5.70. The van der Waals surface area contributed by atoms with Gasteiger partial charge in [0, 0.05) is 5.92 Å². The lowest BCUT2D eigenvalue weighted by atomic mass is 9.80. The van der Waals surface area contributed by atoms with Crippen LogP contribution in [0.2, 0.25) is 0 Å². The lowest BCUT2D eigenvalue weighted by Crippen LogP contribution is -2.13. The first-order chi connectivity index (χ1) is 9.11.